The SMILES string of the molecule is O=C(O)Cc1ccc(CNc2ccc(Br)c(F)c2)s1. The Morgan fingerprint density at radius 1 is 1.32 bits per heavy atom. The van der Waals surface area contributed by atoms with Crippen molar-refractivity contribution in [3.05, 3.63) is 50.4 Å². The van der Waals surface area contributed by atoms with Gasteiger partial charge in [-0.05, 0) is 46.3 Å². The second-order valence-electron chi connectivity index (χ2n) is 3.92. The van der Waals surface area contributed by atoms with Crippen molar-refractivity contribution < 1.29 is 14.3 Å². The van der Waals surface area contributed by atoms with Crippen LogP contribution < -0.4 is 5.32 Å². The summed E-state index contributed by atoms with van der Waals surface area (Å²) >= 11 is 4.54. The van der Waals surface area contributed by atoms with Crippen LogP contribution in [-0.2, 0) is 17.8 Å². The number of carbonyl (C=O) groups is 1. The van der Waals surface area contributed by atoms with Crippen LogP contribution in [0.25, 0.3) is 0 Å². The van der Waals surface area contributed by atoms with E-state index in [1.54, 1.807) is 18.2 Å². The monoisotopic (exact) mass is 343 g/mol. The molecule has 0 amide bonds. The first kappa shape index (κ1) is 14.0. The van der Waals surface area contributed by atoms with Gasteiger partial charge in [0.25, 0.3) is 0 Å². The van der Waals surface area contributed by atoms with Crippen LogP contribution in [0.3, 0.4) is 0 Å². The van der Waals surface area contributed by atoms with Gasteiger partial charge in [-0.25, -0.2) is 4.39 Å². The third-order valence-corrected chi connectivity index (χ3v) is 4.16. The molecular weight excluding hydrogens is 333 g/mol. The first-order chi connectivity index (χ1) is 9.04. The van der Waals surface area contributed by atoms with Crippen molar-refractivity contribution >= 4 is 38.9 Å². The third kappa shape index (κ3) is 4.04. The van der Waals surface area contributed by atoms with Crippen LogP contribution in [-0.4, -0.2) is 11.1 Å². The molecule has 100 valence electrons. The number of hydrogen-bond donors (Lipinski definition) is 2. The molecule has 0 aliphatic heterocycles. The largest absolute Gasteiger partial charge is 0.481 e. The van der Waals surface area contributed by atoms with Crippen molar-refractivity contribution in [1.29, 1.82) is 0 Å². The molecular formula is C13H11BrFNO2S. The van der Waals surface area contributed by atoms with Crippen LogP contribution in [0.2, 0.25) is 0 Å². The normalized spacial score (nSPS) is 10.4. The van der Waals surface area contributed by atoms with Crippen LogP contribution in [0.1, 0.15) is 9.75 Å². The lowest BCUT2D eigenvalue weighted by Crippen LogP contribution is -1.98. The molecule has 1 aromatic heterocycles. The van der Waals surface area contributed by atoms with Crippen LogP contribution in [0.15, 0.2) is 34.8 Å². The molecule has 0 bridgehead atoms. The Morgan fingerprint density at radius 3 is 2.74 bits per heavy atom. The van der Waals surface area contributed by atoms with E-state index in [1.807, 2.05) is 6.07 Å². The Balaban J connectivity index is 1.96. The van der Waals surface area contributed by atoms with E-state index in [0.29, 0.717) is 16.7 Å². The summed E-state index contributed by atoms with van der Waals surface area (Å²) in [5.41, 5.74) is 0.689. The Morgan fingerprint density at radius 2 is 2.05 bits per heavy atom. The summed E-state index contributed by atoms with van der Waals surface area (Å²) in [4.78, 5) is 12.4. The maximum atomic E-state index is 13.3. The fraction of sp³-hybridized carbons (Fsp3) is 0.154. The summed E-state index contributed by atoms with van der Waals surface area (Å²) in [7, 11) is 0. The number of rotatable bonds is 5. The highest BCUT2D eigenvalue weighted by Crippen LogP contribution is 2.22. The zero-order valence-electron chi connectivity index (χ0n) is 9.82. The molecule has 1 heterocycles. The van der Waals surface area contributed by atoms with Gasteiger partial charge < -0.3 is 10.4 Å². The number of aliphatic carboxylic acids is 1. The Hall–Kier alpha value is -1.40. The first-order valence-corrected chi connectivity index (χ1v) is 7.14. The predicted octanol–water partition coefficient (Wildman–Crippen LogP) is 3.89. The van der Waals surface area contributed by atoms with Gasteiger partial charge in [-0.3, -0.25) is 4.79 Å². The lowest BCUT2D eigenvalue weighted by molar-refractivity contribution is -0.136. The molecule has 0 unspecified atom stereocenters. The van der Waals surface area contributed by atoms with Gasteiger partial charge in [-0.2, -0.15) is 0 Å². The first-order valence-electron chi connectivity index (χ1n) is 5.53. The topological polar surface area (TPSA) is 49.3 Å². The highest BCUT2D eigenvalue weighted by molar-refractivity contribution is 9.10. The second-order valence-corrected chi connectivity index (χ2v) is 6.03. The van der Waals surface area contributed by atoms with Crippen molar-refractivity contribution in [3.8, 4) is 0 Å². The minimum Gasteiger partial charge on any atom is -0.481 e. The molecule has 3 nitrogen and oxygen atoms in total. The molecule has 2 N–H and O–H groups in total. The molecule has 0 aliphatic rings. The van der Waals surface area contributed by atoms with E-state index in [9.17, 15) is 9.18 Å². The zero-order chi connectivity index (χ0) is 13.8. The molecule has 0 spiro atoms. The van der Waals surface area contributed by atoms with E-state index >= 15 is 0 Å². The van der Waals surface area contributed by atoms with Gasteiger partial charge >= 0.3 is 5.97 Å². The molecule has 2 aromatic rings. The van der Waals surface area contributed by atoms with Crippen molar-refractivity contribution in [2.24, 2.45) is 0 Å². The van der Waals surface area contributed by atoms with Gasteiger partial charge in [-0.15, -0.1) is 11.3 Å². The van der Waals surface area contributed by atoms with Crippen LogP contribution >= 0.6 is 27.3 Å². The van der Waals surface area contributed by atoms with E-state index in [0.717, 1.165) is 9.75 Å². The number of carboxylic acids is 1. The maximum absolute atomic E-state index is 13.3. The van der Waals surface area contributed by atoms with Gasteiger partial charge in [0.1, 0.15) is 5.82 Å². The number of anilines is 1. The van der Waals surface area contributed by atoms with Gasteiger partial charge in [0.05, 0.1) is 10.9 Å². The van der Waals surface area contributed by atoms with Crippen molar-refractivity contribution in [1.82, 2.24) is 0 Å². The quantitative estimate of drug-likeness (QED) is 0.865. The standard InChI is InChI=1S/C13H11BrFNO2S/c14-11-4-1-8(5-12(11)15)16-7-10-3-2-9(19-10)6-13(17)18/h1-5,16H,6-7H2,(H,17,18). The highest BCUT2D eigenvalue weighted by atomic mass is 79.9. The van der Waals surface area contributed by atoms with Crippen molar-refractivity contribution in [2.75, 3.05) is 5.32 Å². The Labute approximate surface area is 122 Å². The second kappa shape index (κ2) is 6.16. The summed E-state index contributed by atoms with van der Waals surface area (Å²) < 4.78 is 13.7. The Kier molecular flexibility index (Phi) is 4.55. The maximum Gasteiger partial charge on any atom is 0.308 e. The molecule has 1 aromatic carbocycles. The lowest BCUT2D eigenvalue weighted by Gasteiger charge is -2.05. The summed E-state index contributed by atoms with van der Waals surface area (Å²) in [6.07, 6.45) is 0.0393. The molecule has 0 saturated heterocycles. The Bertz CT molecular complexity index is 600. The summed E-state index contributed by atoms with van der Waals surface area (Å²) in [6.45, 7) is 0.547. The van der Waals surface area contributed by atoms with E-state index < -0.39 is 5.97 Å². The number of thiophene rings is 1. The molecule has 0 saturated carbocycles. The number of carboxylic acid groups (broad SMARTS) is 1. The summed E-state index contributed by atoms with van der Waals surface area (Å²) in [6, 6.07) is 8.51. The molecule has 0 atom stereocenters. The van der Waals surface area contributed by atoms with Crippen LogP contribution in [0.4, 0.5) is 10.1 Å². The molecule has 19 heavy (non-hydrogen) atoms. The minimum absolute atomic E-state index is 0.0393. The number of nitrogens with one attached hydrogen (secondary N) is 1. The summed E-state index contributed by atoms with van der Waals surface area (Å²) in [5, 5.41) is 11.8. The number of halogens is 2. The molecule has 6 heteroatoms. The van der Waals surface area contributed by atoms with Gasteiger partial charge in [0.15, 0.2) is 0 Å². The smallest absolute Gasteiger partial charge is 0.308 e. The van der Waals surface area contributed by atoms with Gasteiger partial charge in [-0.1, -0.05) is 0 Å². The number of benzene rings is 1. The molecule has 2 rings (SSSR count). The lowest BCUT2D eigenvalue weighted by atomic mass is 10.3. The van der Waals surface area contributed by atoms with Crippen molar-refractivity contribution in [2.45, 2.75) is 13.0 Å². The number of hydrogen-bond acceptors (Lipinski definition) is 3. The van der Waals surface area contributed by atoms with E-state index in [-0.39, 0.29) is 12.2 Å². The molecule has 0 fully saturated rings. The zero-order valence-corrected chi connectivity index (χ0v) is 12.2. The third-order valence-electron chi connectivity index (χ3n) is 2.43. The van der Waals surface area contributed by atoms with Crippen LogP contribution in [0.5, 0.6) is 0 Å². The van der Waals surface area contributed by atoms with E-state index in [4.69, 9.17) is 5.11 Å². The predicted molar refractivity (Wildman–Crippen MR) is 77.1 cm³/mol. The highest BCUT2D eigenvalue weighted by Gasteiger charge is 2.05. The average Bonchev–Trinajstić information content (AvgIpc) is 2.77. The van der Waals surface area contributed by atoms with Crippen LogP contribution in [0, 0.1) is 5.82 Å². The fourth-order valence-corrected chi connectivity index (χ4v) is 2.75. The van der Waals surface area contributed by atoms with Gasteiger partial charge in [0, 0.05) is 22.0 Å². The summed E-state index contributed by atoms with van der Waals surface area (Å²) in [5.74, 6) is -1.15. The molecule has 0 radical (unpaired) electrons. The van der Waals surface area contributed by atoms with E-state index in [2.05, 4.69) is 21.2 Å². The fourth-order valence-electron chi connectivity index (χ4n) is 1.56. The molecule has 0 aliphatic carbocycles. The van der Waals surface area contributed by atoms with Crippen molar-refractivity contribution in [3.63, 3.8) is 0 Å². The van der Waals surface area contributed by atoms with Gasteiger partial charge in [0.2, 0.25) is 0 Å². The van der Waals surface area contributed by atoms with E-state index in [1.165, 1.54) is 17.4 Å². The minimum atomic E-state index is -0.837. The average molecular weight is 344 g/mol.